The lowest BCUT2D eigenvalue weighted by atomic mass is 10.2. The van der Waals surface area contributed by atoms with Gasteiger partial charge in [0, 0.05) is 24.3 Å². The van der Waals surface area contributed by atoms with E-state index in [4.69, 9.17) is 0 Å². The standard InChI is InChI=1S/C10H15FN2/c1-3-8(2)13-6-9-4-5-12-7-10(9)11/h4-5,7-8,13H,3,6H2,1-2H3. The highest BCUT2D eigenvalue weighted by atomic mass is 19.1. The summed E-state index contributed by atoms with van der Waals surface area (Å²) in [4.78, 5) is 3.69. The van der Waals surface area contributed by atoms with Gasteiger partial charge in [0.25, 0.3) is 0 Å². The molecule has 1 rings (SSSR count). The first-order valence-corrected chi connectivity index (χ1v) is 4.55. The quantitative estimate of drug-likeness (QED) is 0.771. The van der Waals surface area contributed by atoms with Gasteiger partial charge < -0.3 is 5.32 Å². The van der Waals surface area contributed by atoms with Crippen LogP contribution in [0.1, 0.15) is 25.8 Å². The van der Waals surface area contributed by atoms with E-state index in [1.807, 2.05) is 0 Å². The minimum atomic E-state index is -0.238. The van der Waals surface area contributed by atoms with Crippen LogP contribution in [0.15, 0.2) is 18.5 Å². The topological polar surface area (TPSA) is 24.9 Å². The van der Waals surface area contributed by atoms with Crippen LogP contribution in [0.3, 0.4) is 0 Å². The molecule has 0 fully saturated rings. The molecule has 1 N–H and O–H groups in total. The maximum Gasteiger partial charge on any atom is 0.145 e. The van der Waals surface area contributed by atoms with Crippen molar-refractivity contribution in [3.05, 3.63) is 29.8 Å². The number of halogens is 1. The van der Waals surface area contributed by atoms with Gasteiger partial charge in [0.1, 0.15) is 5.82 Å². The summed E-state index contributed by atoms with van der Waals surface area (Å²) in [6.07, 6.45) is 3.90. The van der Waals surface area contributed by atoms with Crippen molar-refractivity contribution in [3.8, 4) is 0 Å². The largest absolute Gasteiger partial charge is 0.310 e. The molecular weight excluding hydrogens is 167 g/mol. The number of hydrogen-bond donors (Lipinski definition) is 1. The van der Waals surface area contributed by atoms with Gasteiger partial charge in [-0.25, -0.2) is 4.39 Å². The lowest BCUT2D eigenvalue weighted by Crippen LogP contribution is -2.24. The number of hydrogen-bond acceptors (Lipinski definition) is 2. The van der Waals surface area contributed by atoms with E-state index in [9.17, 15) is 4.39 Å². The van der Waals surface area contributed by atoms with Crippen molar-refractivity contribution in [3.63, 3.8) is 0 Å². The van der Waals surface area contributed by atoms with E-state index in [1.54, 1.807) is 12.3 Å². The lowest BCUT2D eigenvalue weighted by Gasteiger charge is -2.11. The maximum atomic E-state index is 13.0. The second-order valence-corrected chi connectivity index (χ2v) is 3.16. The Balaban J connectivity index is 2.50. The van der Waals surface area contributed by atoms with Crippen LogP contribution in [0, 0.1) is 5.82 Å². The van der Waals surface area contributed by atoms with E-state index in [-0.39, 0.29) is 5.82 Å². The van der Waals surface area contributed by atoms with Crippen molar-refractivity contribution in [1.29, 1.82) is 0 Å². The van der Waals surface area contributed by atoms with Crippen LogP contribution in [-0.4, -0.2) is 11.0 Å². The Labute approximate surface area is 78.2 Å². The van der Waals surface area contributed by atoms with Gasteiger partial charge in [0.15, 0.2) is 0 Å². The second-order valence-electron chi connectivity index (χ2n) is 3.16. The summed E-state index contributed by atoms with van der Waals surface area (Å²) in [5.74, 6) is -0.238. The number of rotatable bonds is 4. The molecule has 0 saturated carbocycles. The summed E-state index contributed by atoms with van der Waals surface area (Å²) in [7, 11) is 0. The molecule has 1 unspecified atom stereocenters. The molecule has 0 saturated heterocycles. The zero-order valence-electron chi connectivity index (χ0n) is 8.05. The molecule has 0 amide bonds. The lowest BCUT2D eigenvalue weighted by molar-refractivity contribution is 0.515. The molecule has 72 valence electrons. The number of nitrogens with zero attached hydrogens (tertiary/aromatic N) is 1. The third-order valence-electron chi connectivity index (χ3n) is 2.11. The van der Waals surface area contributed by atoms with Crippen LogP contribution in [0.5, 0.6) is 0 Å². The van der Waals surface area contributed by atoms with E-state index in [0.717, 1.165) is 6.42 Å². The summed E-state index contributed by atoms with van der Waals surface area (Å²) < 4.78 is 13.0. The molecule has 1 heterocycles. The fourth-order valence-electron chi connectivity index (χ4n) is 0.976. The summed E-state index contributed by atoms with van der Waals surface area (Å²) in [5, 5.41) is 3.22. The Bertz CT molecular complexity index is 263. The van der Waals surface area contributed by atoms with Gasteiger partial charge in [-0.2, -0.15) is 0 Å². The first-order valence-electron chi connectivity index (χ1n) is 4.55. The average molecular weight is 182 g/mol. The van der Waals surface area contributed by atoms with Crippen LogP contribution in [0.2, 0.25) is 0 Å². The van der Waals surface area contributed by atoms with E-state index in [1.165, 1.54) is 6.20 Å². The molecule has 3 heteroatoms. The highest BCUT2D eigenvalue weighted by Crippen LogP contribution is 2.04. The molecule has 0 aliphatic heterocycles. The third kappa shape index (κ3) is 3.11. The van der Waals surface area contributed by atoms with Gasteiger partial charge in [-0.05, 0) is 19.4 Å². The number of pyridine rings is 1. The highest BCUT2D eigenvalue weighted by Gasteiger charge is 2.02. The van der Waals surface area contributed by atoms with Crippen molar-refractivity contribution in [2.75, 3.05) is 0 Å². The Morgan fingerprint density at radius 1 is 1.62 bits per heavy atom. The zero-order chi connectivity index (χ0) is 9.68. The molecule has 1 aromatic rings. The molecular formula is C10H15FN2. The Morgan fingerprint density at radius 3 is 3.00 bits per heavy atom. The minimum Gasteiger partial charge on any atom is -0.310 e. The highest BCUT2D eigenvalue weighted by molar-refractivity contribution is 5.12. The SMILES string of the molecule is CCC(C)NCc1ccncc1F. The number of nitrogens with one attached hydrogen (secondary N) is 1. The van der Waals surface area contributed by atoms with Gasteiger partial charge in [-0.1, -0.05) is 6.92 Å². The third-order valence-corrected chi connectivity index (χ3v) is 2.11. The van der Waals surface area contributed by atoms with Crippen LogP contribution >= 0.6 is 0 Å². The molecule has 2 nitrogen and oxygen atoms in total. The Kier molecular flexibility index (Phi) is 3.83. The zero-order valence-corrected chi connectivity index (χ0v) is 8.05. The first kappa shape index (κ1) is 10.1. The molecule has 1 aromatic heterocycles. The van der Waals surface area contributed by atoms with Crippen molar-refractivity contribution >= 4 is 0 Å². The first-order chi connectivity index (χ1) is 6.24. The summed E-state index contributed by atoms with van der Waals surface area (Å²) in [5.41, 5.74) is 0.676. The van der Waals surface area contributed by atoms with Gasteiger partial charge >= 0.3 is 0 Å². The molecule has 0 aliphatic carbocycles. The van der Waals surface area contributed by atoms with Crippen LogP contribution in [-0.2, 0) is 6.54 Å². The van der Waals surface area contributed by atoms with Crippen LogP contribution in [0.4, 0.5) is 4.39 Å². The van der Waals surface area contributed by atoms with Gasteiger partial charge in [-0.15, -0.1) is 0 Å². The monoisotopic (exact) mass is 182 g/mol. The molecule has 0 bridgehead atoms. The fraction of sp³-hybridized carbons (Fsp3) is 0.500. The number of aromatic nitrogens is 1. The van der Waals surface area contributed by atoms with Crippen molar-refractivity contribution in [2.45, 2.75) is 32.9 Å². The smallest absolute Gasteiger partial charge is 0.145 e. The van der Waals surface area contributed by atoms with Crippen molar-refractivity contribution in [1.82, 2.24) is 10.3 Å². The molecule has 0 aliphatic rings. The van der Waals surface area contributed by atoms with E-state index >= 15 is 0 Å². The summed E-state index contributed by atoms with van der Waals surface area (Å²) in [6.45, 7) is 4.75. The predicted molar refractivity (Wildman–Crippen MR) is 50.8 cm³/mol. The molecule has 13 heavy (non-hydrogen) atoms. The maximum absolute atomic E-state index is 13.0. The molecule has 0 aromatic carbocycles. The summed E-state index contributed by atoms with van der Waals surface area (Å²) in [6, 6.07) is 2.12. The van der Waals surface area contributed by atoms with E-state index in [2.05, 4.69) is 24.1 Å². The minimum absolute atomic E-state index is 0.238. The Morgan fingerprint density at radius 2 is 2.38 bits per heavy atom. The fourth-order valence-corrected chi connectivity index (χ4v) is 0.976. The molecule has 0 spiro atoms. The molecule has 1 atom stereocenters. The van der Waals surface area contributed by atoms with Crippen molar-refractivity contribution in [2.24, 2.45) is 0 Å². The van der Waals surface area contributed by atoms with Gasteiger partial charge in [-0.3, -0.25) is 4.98 Å². The van der Waals surface area contributed by atoms with Crippen LogP contribution < -0.4 is 5.32 Å². The van der Waals surface area contributed by atoms with Crippen LogP contribution in [0.25, 0.3) is 0 Å². The van der Waals surface area contributed by atoms with E-state index in [0.29, 0.717) is 18.2 Å². The normalized spacial score (nSPS) is 12.8. The second kappa shape index (κ2) is 4.92. The van der Waals surface area contributed by atoms with E-state index < -0.39 is 0 Å². The average Bonchev–Trinajstić information content (AvgIpc) is 2.16. The summed E-state index contributed by atoms with van der Waals surface area (Å²) >= 11 is 0. The Hall–Kier alpha value is -0.960. The van der Waals surface area contributed by atoms with Crippen molar-refractivity contribution < 1.29 is 4.39 Å². The molecule has 0 radical (unpaired) electrons. The predicted octanol–water partition coefficient (Wildman–Crippen LogP) is 2.11. The van der Waals surface area contributed by atoms with Gasteiger partial charge in [0.2, 0.25) is 0 Å². The van der Waals surface area contributed by atoms with Gasteiger partial charge in [0.05, 0.1) is 6.20 Å².